The molecule has 0 N–H and O–H groups in total. The van der Waals surface area contributed by atoms with Crippen molar-refractivity contribution in [1.82, 2.24) is 0 Å². The molecule has 0 rings (SSSR count). The van der Waals surface area contributed by atoms with Crippen molar-refractivity contribution >= 4 is 15.6 Å². The van der Waals surface area contributed by atoms with E-state index in [1.807, 2.05) is 0 Å². The molecule has 20 heteroatoms. The van der Waals surface area contributed by atoms with Gasteiger partial charge in [0.1, 0.15) is 0 Å². The number of rotatable bonds is 0. The second-order valence-electron chi connectivity index (χ2n) is 1.14. The van der Waals surface area contributed by atoms with Gasteiger partial charge in [-0.25, -0.2) is 0 Å². The minimum atomic E-state index is -5.39. The molecule has 0 amide bonds. The summed E-state index contributed by atoms with van der Waals surface area (Å²) < 4.78 is 68.6. The Bertz CT molecular complexity index is 306. The van der Waals surface area contributed by atoms with E-state index in [1.54, 1.807) is 0 Å². The number of phosphoric acid groups is 2. The Morgan fingerprint density at radius 2 is 0.500 bits per heavy atom. The summed E-state index contributed by atoms with van der Waals surface area (Å²) in [5, 5.41) is 0. The van der Waals surface area contributed by atoms with Crippen LogP contribution < -0.4 is 29.4 Å². The van der Waals surface area contributed by atoms with E-state index in [2.05, 4.69) is 0 Å². The number of hydrogen-bond donors (Lipinski definition) is 0. The van der Waals surface area contributed by atoms with Crippen LogP contribution in [0.1, 0.15) is 0 Å². The van der Waals surface area contributed by atoms with Crippen LogP contribution in [0, 0.1) is 83.5 Å². The Morgan fingerprint density at radius 1 is 0.500 bits per heavy atom. The Balaban J connectivity index is -0.0000000310. The maximum atomic E-state index is 8.58. The Morgan fingerprint density at radius 3 is 0.500 bits per heavy atom. The zero-order valence-corrected chi connectivity index (χ0v) is 23.8. The van der Waals surface area contributed by atoms with Gasteiger partial charge in [0.05, 0.1) is 0 Å². The fraction of sp³-hybridized carbons (Fsp3) is 0. The predicted octanol–water partition coefficient (Wildman–Crippen LogP) is -6.36. The fourth-order valence-corrected chi connectivity index (χ4v) is 0. The van der Waals surface area contributed by atoms with E-state index in [4.69, 9.17) is 51.9 Å². The molecule has 1 radical (unpaired) electrons. The first-order chi connectivity index (χ1) is 8.24. The summed E-state index contributed by atoms with van der Waals surface area (Å²) >= 11 is -7.52. The van der Waals surface area contributed by atoms with Gasteiger partial charge in [0, 0.05) is 16.8 Å². The van der Waals surface area contributed by atoms with Gasteiger partial charge in [0.15, 0.2) is 0 Å². The molecule has 0 spiro atoms. The molecule has 0 aromatic carbocycles. The second-order valence-corrected chi connectivity index (χ2v) is 5.02. The molecule has 0 heterocycles. The van der Waals surface area contributed by atoms with Gasteiger partial charge in [0.2, 0.25) is 0 Å². The molecule has 0 atom stereocenters. The molecular weight excluding hydrogens is 1060 g/mol. The normalized spacial score (nSPS) is 7.10. The van der Waals surface area contributed by atoms with Gasteiger partial charge in [-0.3, -0.25) is 0 Å². The molecule has 0 aliphatic carbocycles. The quantitative estimate of drug-likeness (QED) is 0.204. The first-order valence-corrected chi connectivity index (χ1v) is 15.8. The van der Waals surface area contributed by atoms with Gasteiger partial charge in [0.25, 0.3) is 0 Å². The van der Waals surface area contributed by atoms with Crippen LogP contribution in [0.4, 0.5) is 0 Å². The summed E-state index contributed by atoms with van der Waals surface area (Å²) in [4.78, 5) is 51.3. The van der Waals surface area contributed by atoms with Gasteiger partial charge in [-0.15, -0.1) is 0 Å². The van der Waals surface area contributed by atoms with Crippen LogP contribution >= 0.6 is 15.6 Å². The molecule has 0 aliphatic rings. The molecule has 0 bridgehead atoms. The van der Waals surface area contributed by atoms with Gasteiger partial charge in [-0.05, 0) is 0 Å². The van der Waals surface area contributed by atoms with E-state index in [-0.39, 0.29) is 16.8 Å². The first-order valence-electron chi connectivity index (χ1n) is 2.69. The SMILES string of the molecule is O=P([O-])([O-])[O-].O=P([O-])([O-])[O-].[Co].[O]=[U+2]=[O].[O]=[U+2]=[O].[O]=[U+2]=[O]. The summed E-state index contributed by atoms with van der Waals surface area (Å²) in [7, 11) is -10.8. The molecule has 0 saturated carbocycles. The Labute approximate surface area is 165 Å². The van der Waals surface area contributed by atoms with Crippen molar-refractivity contribution in [3.05, 3.63) is 0 Å². The predicted molar refractivity (Wildman–Crippen MR) is 19.3 cm³/mol. The van der Waals surface area contributed by atoms with Crippen molar-refractivity contribution in [2.75, 3.05) is 0 Å². The van der Waals surface area contributed by atoms with Crippen molar-refractivity contribution in [1.29, 1.82) is 0 Å². The standard InChI is InChI=1S/Co.2H3O4P.6O.3U/c;2*1-5(2,3)4;;;;;;;;;/h;2*(H3,1,2,3,4);;;;;;;;;/q;;;;;;;;;3*+2/p-6. The van der Waals surface area contributed by atoms with Crippen LogP contribution in [0.2, 0.25) is 0 Å². The van der Waals surface area contributed by atoms with Crippen LogP contribution in [-0.4, -0.2) is 0 Å². The first kappa shape index (κ1) is 38.3. The Hall–Kier alpha value is 2.68. The van der Waals surface area contributed by atoms with Crippen molar-refractivity contribution in [2.45, 2.75) is 0 Å². The molecule has 0 aliphatic heterocycles. The topological polar surface area (TPSA) is 275 Å². The maximum absolute atomic E-state index is 8.58. The molecule has 14 nitrogen and oxygen atoms in total. The Kier molecular flexibility index (Phi) is 56.8. The van der Waals surface area contributed by atoms with Gasteiger partial charge in [-0.1, -0.05) is 0 Å². The monoisotopic (exact) mass is 1060 g/mol. The summed E-state index contributed by atoms with van der Waals surface area (Å²) in [5.41, 5.74) is 0. The van der Waals surface area contributed by atoms with Gasteiger partial charge in [-0.2, -0.15) is 15.6 Å². The molecule has 0 unspecified atom stereocenters. The van der Waals surface area contributed by atoms with E-state index in [9.17, 15) is 0 Å². The third kappa shape index (κ3) is 1110. The average Bonchev–Trinajstić information content (AvgIpc) is 1.99. The van der Waals surface area contributed by atoms with Gasteiger partial charge >= 0.3 is 96.9 Å². The molecule has 0 aromatic heterocycles. The number of hydrogen-bond acceptors (Lipinski definition) is 14. The van der Waals surface area contributed by atoms with Crippen LogP contribution in [0.5, 0.6) is 0 Å². The summed E-state index contributed by atoms with van der Waals surface area (Å²) in [6, 6.07) is 0. The third-order valence-corrected chi connectivity index (χ3v) is 0. The zero-order valence-electron chi connectivity index (χ0n) is 8.44. The van der Waals surface area contributed by atoms with E-state index in [0.717, 1.165) is 0 Å². The zero-order chi connectivity index (χ0) is 17.1. The van der Waals surface area contributed by atoms with Crippen LogP contribution in [0.15, 0.2) is 0 Å². The minimum absolute atomic E-state index is 0. The fourth-order valence-electron chi connectivity index (χ4n) is 0. The van der Waals surface area contributed by atoms with Crippen molar-refractivity contribution in [3.63, 3.8) is 0 Å². The molecule has 0 aromatic rings. The van der Waals surface area contributed by atoms with Gasteiger partial charge < -0.3 is 38.5 Å². The molecule has 0 saturated heterocycles. The third-order valence-electron chi connectivity index (χ3n) is 0. The molecular formula is CoO14P2U3. The van der Waals surface area contributed by atoms with E-state index in [1.165, 1.54) is 0 Å². The molecule has 20 heavy (non-hydrogen) atoms. The second kappa shape index (κ2) is 29.7. The van der Waals surface area contributed by atoms with Crippen LogP contribution in [0.25, 0.3) is 0 Å². The van der Waals surface area contributed by atoms with E-state index >= 15 is 0 Å². The van der Waals surface area contributed by atoms with Crippen LogP contribution in [-0.2, 0) is 39.3 Å². The van der Waals surface area contributed by atoms with Crippen molar-refractivity contribution in [3.8, 4) is 0 Å². The summed E-state index contributed by atoms with van der Waals surface area (Å²) in [5.74, 6) is 0. The summed E-state index contributed by atoms with van der Waals surface area (Å²) in [6.07, 6.45) is 0. The summed E-state index contributed by atoms with van der Waals surface area (Å²) in [6.45, 7) is 0. The average molecular weight is 1060 g/mol. The molecule has 0 fully saturated rings. The van der Waals surface area contributed by atoms with Crippen LogP contribution in [0.3, 0.4) is 0 Å². The van der Waals surface area contributed by atoms with E-state index < -0.39 is 99.1 Å². The van der Waals surface area contributed by atoms with Crippen molar-refractivity contribution < 1.29 is 152 Å². The van der Waals surface area contributed by atoms with E-state index in [0.29, 0.717) is 0 Å². The van der Waals surface area contributed by atoms with Crippen molar-refractivity contribution in [2.24, 2.45) is 0 Å². The molecule has 115 valence electrons.